The molecule has 1 aromatic heterocycles. The number of hydrogen-bond donors (Lipinski definition) is 0. The number of aromatic nitrogens is 2. The molecule has 7 nitrogen and oxygen atoms in total. The van der Waals surface area contributed by atoms with Crippen molar-refractivity contribution in [1.29, 1.82) is 0 Å². The van der Waals surface area contributed by atoms with Crippen molar-refractivity contribution in [2.45, 2.75) is 31.8 Å². The number of methoxy groups -OCH3 is 1. The van der Waals surface area contributed by atoms with Crippen LogP contribution in [0.15, 0.2) is 48.7 Å². The molecule has 33 heavy (non-hydrogen) atoms. The lowest BCUT2D eigenvalue weighted by atomic mass is 9.81. The van der Waals surface area contributed by atoms with Crippen molar-refractivity contribution >= 4 is 5.91 Å². The van der Waals surface area contributed by atoms with Crippen molar-refractivity contribution in [2.75, 3.05) is 26.8 Å². The fraction of sp³-hybridized carbons (Fsp3) is 0.385. The van der Waals surface area contributed by atoms with Crippen LogP contribution in [0.25, 0.3) is 11.3 Å². The lowest BCUT2D eigenvalue weighted by Crippen LogP contribution is -2.49. The van der Waals surface area contributed by atoms with E-state index in [0.717, 1.165) is 29.0 Å². The zero-order valence-corrected chi connectivity index (χ0v) is 19.3. The number of aryl methyl sites for hydroxylation is 1. The second kappa shape index (κ2) is 8.46. The maximum absolute atomic E-state index is 13.3. The first-order valence-corrected chi connectivity index (χ1v) is 11.5. The third-order valence-corrected chi connectivity index (χ3v) is 6.61. The van der Waals surface area contributed by atoms with Gasteiger partial charge >= 0.3 is 0 Å². The molecule has 7 heteroatoms. The Hall–Kier alpha value is -3.48. The Morgan fingerprint density at radius 2 is 1.94 bits per heavy atom. The van der Waals surface area contributed by atoms with Gasteiger partial charge in [-0.25, -0.2) is 0 Å². The SMILES string of the molecule is CCCOc1ccc(C(=O)N2CCC3(CC2)Oc2ccccc2-c2c3cnn2C)cc1OC. The van der Waals surface area contributed by atoms with E-state index >= 15 is 0 Å². The molecule has 0 saturated carbocycles. The lowest BCUT2D eigenvalue weighted by Gasteiger charge is -2.44. The minimum atomic E-state index is -0.468. The molecule has 1 fully saturated rings. The van der Waals surface area contributed by atoms with Gasteiger partial charge < -0.3 is 19.1 Å². The molecule has 0 atom stereocenters. The maximum Gasteiger partial charge on any atom is 0.253 e. The summed E-state index contributed by atoms with van der Waals surface area (Å²) in [5, 5.41) is 4.53. The maximum atomic E-state index is 13.3. The average molecular weight is 448 g/mol. The number of piperidine rings is 1. The Labute approximate surface area is 193 Å². The Balaban J connectivity index is 1.36. The first-order chi connectivity index (χ1) is 16.1. The normalized spacial score (nSPS) is 16.0. The van der Waals surface area contributed by atoms with Crippen molar-refractivity contribution in [1.82, 2.24) is 14.7 Å². The summed E-state index contributed by atoms with van der Waals surface area (Å²) >= 11 is 0. The van der Waals surface area contributed by atoms with Crippen LogP contribution < -0.4 is 14.2 Å². The van der Waals surface area contributed by atoms with E-state index in [1.54, 1.807) is 13.2 Å². The van der Waals surface area contributed by atoms with E-state index in [9.17, 15) is 4.79 Å². The Morgan fingerprint density at radius 1 is 1.15 bits per heavy atom. The molecule has 0 unspecified atom stereocenters. The van der Waals surface area contributed by atoms with Gasteiger partial charge in [0.1, 0.15) is 11.4 Å². The molecule has 1 amide bonds. The van der Waals surface area contributed by atoms with Gasteiger partial charge in [0.2, 0.25) is 0 Å². The molecular formula is C26H29N3O4. The van der Waals surface area contributed by atoms with Crippen LogP contribution in [0.1, 0.15) is 42.1 Å². The van der Waals surface area contributed by atoms with Crippen LogP contribution in [-0.4, -0.2) is 47.4 Å². The fourth-order valence-corrected chi connectivity index (χ4v) is 4.86. The van der Waals surface area contributed by atoms with Gasteiger partial charge in [0.15, 0.2) is 11.5 Å². The van der Waals surface area contributed by atoms with Gasteiger partial charge in [0, 0.05) is 49.7 Å². The van der Waals surface area contributed by atoms with Gasteiger partial charge in [0.05, 0.1) is 25.6 Å². The van der Waals surface area contributed by atoms with Gasteiger partial charge in [-0.3, -0.25) is 9.48 Å². The summed E-state index contributed by atoms with van der Waals surface area (Å²) < 4.78 is 19.7. The number of nitrogens with zero attached hydrogens (tertiary/aromatic N) is 3. The molecule has 172 valence electrons. The number of likely N-dealkylation sites (tertiary alicyclic amines) is 1. The number of carbonyl (C=O) groups is 1. The second-order valence-electron chi connectivity index (χ2n) is 8.63. The first-order valence-electron chi connectivity index (χ1n) is 11.5. The Kier molecular flexibility index (Phi) is 5.48. The summed E-state index contributed by atoms with van der Waals surface area (Å²) in [6.45, 7) is 3.87. The first kappa shape index (κ1) is 21.4. The van der Waals surface area contributed by atoms with E-state index in [1.807, 2.05) is 53.2 Å². The van der Waals surface area contributed by atoms with Crippen molar-refractivity contribution in [3.63, 3.8) is 0 Å². The van der Waals surface area contributed by atoms with Crippen LogP contribution in [0.4, 0.5) is 0 Å². The van der Waals surface area contributed by atoms with E-state index in [4.69, 9.17) is 14.2 Å². The number of fused-ring (bicyclic) bond motifs is 4. The monoisotopic (exact) mass is 447 g/mol. The van der Waals surface area contributed by atoms with Gasteiger partial charge in [-0.2, -0.15) is 5.10 Å². The summed E-state index contributed by atoms with van der Waals surface area (Å²) in [6.07, 6.45) is 4.24. The molecular weight excluding hydrogens is 418 g/mol. The van der Waals surface area contributed by atoms with Gasteiger partial charge in [-0.15, -0.1) is 0 Å². The zero-order chi connectivity index (χ0) is 23.0. The van der Waals surface area contributed by atoms with E-state index in [1.165, 1.54) is 0 Å². The van der Waals surface area contributed by atoms with E-state index in [0.29, 0.717) is 49.6 Å². The van der Waals surface area contributed by atoms with Gasteiger partial charge in [0.25, 0.3) is 5.91 Å². The summed E-state index contributed by atoms with van der Waals surface area (Å²) in [4.78, 5) is 15.2. The van der Waals surface area contributed by atoms with Crippen molar-refractivity contribution in [3.05, 3.63) is 59.8 Å². The standard InChI is InChI=1S/C26H29N3O4/c1-4-15-32-22-10-9-18(16-23(22)31-3)25(30)29-13-11-26(12-14-29)20-17-27-28(2)24(20)19-7-5-6-8-21(19)33-26/h5-10,16-17H,4,11-15H2,1-3H3. The average Bonchev–Trinajstić information content (AvgIpc) is 3.25. The highest BCUT2D eigenvalue weighted by molar-refractivity contribution is 5.95. The quantitative estimate of drug-likeness (QED) is 0.580. The molecule has 1 spiro atoms. The van der Waals surface area contributed by atoms with Gasteiger partial charge in [-0.1, -0.05) is 19.1 Å². The van der Waals surface area contributed by atoms with Crippen LogP contribution in [0.5, 0.6) is 17.2 Å². The molecule has 0 aliphatic carbocycles. The number of carbonyl (C=O) groups excluding carboxylic acids is 1. The van der Waals surface area contributed by atoms with E-state index < -0.39 is 5.60 Å². The Bertz CT molecular complexity index is 1180. The minimum absolute atomic E-state index is 0.00666. The number of amides is 1. The summed E-state index contributed by atoms with van der Waals surface area (Å²) in [5.74, 6) is 2.11. The van der Waals surface area contributed by atoms with Crippen molar-refractivity contribution in [3.8, 4) is 28.5 Å². The van der Waals surface area contributed by atoms with E-state index in [2.05, 4.69) is 18.1 Å². The van der Waals surface area contributed by atoms with Crippen LogP contribution in [-0.2, 0) is 12.6 Å². The lowest BCUT2D eigenvalue weighted by molar-refractivity contribution is -0.00173. The molecule has 5 rings (SSSR count). The zero-order valence-electron chi connectivity index (χ0n) is 19.3. The predicted molar refractivity (Wildman–Crippen MR) is 125 cm³/mol. The highest BCUT2D eigenvalue weighted by Crippen LogP contribution is 2.49. The molecule has 2 aliphatic rings. The van der Waals surface area contributed by atoms with Crippen molar-refractivity contribution < 1.29 is 19.0 Å². The number of rotatable bonds is 5. The van der Waals surface area contributed by atoms with Crippen LogP contribution in [0, 0.1) is 0 Å². The topological polar surface area (TPSA) is 65.8 Å². The molecule has 2 aromatic carbocycles. The molecule has 0 bridgehead atoms. The third-order valence-electron chi connectivity index (χ3n) is 6.61. The summed E-state index contributed by atoms with van der Waals surface area (Å²) in [5.41, 5.74) is 3.40. The highest BCUT2D eigenvalue weighted by atomic mass is 16.5. The largest absolute Gasteiger partial charge is 0.493 e. The number of ether oxygens (including phenoxy) is 3. The molecule has 0 radical (unpaired) electrons. The molecule has 3 heterocycles. The molecule has 2 aliphatic heterocycles. The molecule has 3 aromatic rings. The molecule has 1 saturated heterocycles. The number of benzene rings is 2. The van der Waals surface area contributed by atoms with Crippen molar-refractivity contribution in [2.24, 2.45) is 7.05 Å². The van der Waals surface area contributed by atoms with Gasteiger partial charge in [-0.05, 0) is 36.8 Å². The number of para-hydroxylation sites is 1. The van der Waals surface area contributed by atoms with Crippen LogP contribution in [0.2, 0.25) is 0 Å². The summed E-state index contributed by atoms with van der Waals surface area (Å²) in [7, 11) is 3.56. The summed E-state index contributed by atoms with van der Waals surface area (Å²) in [6, 6.07) is 13.5. The predicted octanol–water partition coefficient (Wildman–Crippen LogP) is 4.41. The van der Waals surface area contributed by atoms with Crippen LogP contribution in [0.3, 0.4) is 0 Å². The molecule has 0 N–H and O–H groups in total. The highest BCUT2D eigenvalue weighted by Gasteiger charge is 2.45. The Morgan fingerprint density at radius 3 is 2.70 bits per heavy atom. The third kappa shape index (κ3) is 3.61. The van der Waals surface area contributed by atoms with E-state index in [-0.39, 0.29) is 5.91 Å². The number of hydrogen-bond acceptors (Lipinski definition) is 5. The fourth-order valence-electron chi connectivity index (χ4n) is 4.86. The second-order valence-corrected chi connectivity index (χ2v) is 8.63. The van der Waals surface area contributed by atoms with Crippen LogP contribution >= 0.6 is 0 Å². The minimum Gasteiger partial charge on any atom is -0.493 e. The smallest absolute Gasteiger partial charge is 0.253 e.